The minimum absolute atomic E-state index is 0.643. The molecule has 0 aromatic heterocycles. The summed E-state index contributed by atoms with van der Waals surface area (Å²) >= 11 is 2.04. The van der Waals surface area contributed by atoms with Crippen LogP contribution in [0, 0.1) is 5.92 Å². The van der Waals surface area contributed by atoms with E-state index in [-0.39, 0.29) is 0 Å². The first-order chi connectivity index (χ1) is 7.77. The molecule has 3 atom stereocenters. The predicted molar refractivity (Wildman–Crippen MR) is 73.2 cm³/mol. The molecule has 1 aliphatic heterocycles. The number of nitrogens with one attached hydrogen (secondary N) is 1. The van der Waals surface area contributed by atoms with Gasteiger partial charge in [0.2, 0.25) is 0 Å². The predicted octanol–water partition coefficient (Wildman–Crippen LogP) is 2.92. The Bertz CT molecular complexity index is 171. The molecule has 1 aliphatic rings. The van der Waals surface area contributed by atoms with Crippen LogP contribution < -0.4 is 5.32 Å². The average molecular weight is 245 g/mol. The highest BCUT2D eigenvalue weighted by Gasteiger charge is 2.25. The molecule has 0 saturated carbocycles. The lowest BCUT2D eigenvalue weighted by molar-refractivity contribution is 0.173. The maximum Gasteiger partial charge on any atom is 0.0510 e. The molecule has 16 heavy (non-hydrogen) atoms. The van der Waals surface area contributed by atoms with Crippen molar-refractivity contribution in [3.8, 4) is 0 Å². The molecule has 96 valence electrons. The summed E-state index contributed by atoms with van der Waals surface area (Å²) < 4.78 is 5.48. The molecule has 0 aromatic carbocycles. The third kappa shape index (κ3) is 5.07. The van der Waals surface area contributed by atoms with E-state index in [0.29, 0.717) is 12.1 Å². The summed E-state index contributed by atoms with van der Waals surface area (Å²) in [4.78, 5) is 0. The monoisotopic (exact) mass is 245 g/mol. The van der Waals surface area contributed by atoms with Crippen LogP contribution >= 0.6 is 11.8 Å². The summed E-state index contributed by atoms with van der Waals surface area (Å²) in [5.41, 5.74) is 0. The lowest BCUT2D eigenvalue weighted by atomic mass is 9.96. The van der Waals surface area contributed by atoms with Gasteiger partial charge in [-0.3, -0.25) is 0 Å². The molecule has 0 radical (unpaired) electrons. The molecular formula is C13H27NOS. The minimum atomic E-state index is 0.643. The third-order valence-corrected chi connectivity index (χ3v) is 4.30. The number of hydrogen-bond acceptors (Lipinski definition) is 3. The highest BCUT2D eigenvalue weighted by Crippen LogP contribution is 2.19. The smallest absolute Gasteiger partial charge is 0.0510 e. The van der Waals surface area contributed by atoms with Gasteiger partial charge in [0.15, 0.2) is 0 Å². The Kier molecular flexibility index (Phi) is 7.50. The average Bonchev–Trinajstić information content (AvgIpc) is 2.79. The van der Waals surface area contributed by atoms with Crippen molar-refractivity contribution < 1.29 is 4.74 Å². The number of thioether (sulfide) groups is 1. The van der Waals surface area contributed by atoms with Gasteiger partial charge in [-0.15, -0.1) is 0 Å². The fourth-order valence-electron chi connectivity index (χ4n) is 2.31. The van der Waals surface area contributed by atoms with Crippen molar-refractivity contribution in [1.29, 1.82) is 0 Å². The molecule has 1 rings (SSSR count). The van der Waals surface area contributed by atoms with Crippen LogP contribution in [-0.2, 0) is 4.74 Å². The largest absolute Gasteiger partial charge is 0.381 e. The first kappa shape index (κ1) is 14.3. The second kappa shape index (κ2) is 8.37. The van der Waals surface area contributed by atoms with E-state index in [2.05, 4.69) is 26.1 Å². The Balaban J connectivity index is 2.20. The normalized spacial score (nSPS) is 24.6. The fourth-order valence-corrected chi connectivity index (χ4v) is 3.12. The Morgan fingerprint density at radius 3 is 2.81 bits per heavy atom. The number of ether oxygens (including phenoxy) is 1. The molecule has 1 heterocycles. The van der Waals surface area contributed by atoms with Crippen molar-refractivity contribution in [3.05, 3.63) is 0 Å². The zero-order valence-corrected chi connectivity index (χ0v) is 11.8. The van der Waals surface area contributed by atoms with Crippen LogP contribution in [0.2, 0.25) is 0 Å². The van der Waals surface area contributed by atoms with Crippen LogP contribution in [0.3, 0.4) is 0 Å². The molecule has 2 nitrogen and oxygen atoms in total. The van der Waals surface area contributed by atoms with E-state index >= 15 is 0 Å². The summed E-state index contributed by atoms with van der Waals surface area (Å²) in [5.74, 6) is 3.26. The maximum atomic E-state index is 5.48. The number of rotatable bonds is 8. The summed E-state index contributed by atoms with van der Waals surface area (Å²) in [7, 11) is 0. The molecule has 0 bridgehead atoms. The second-order valence-corrected chi connectivity index (χ2v) is 6.09. The summed E-state index contributed by atoms with van der Waals surface area (Å²) in [6.07, 6.45) is 3.74. The molecule has 0 aromatic rings. The first-order valence-electron chi connectivity index (χ1n) is 6.69. The SMILES string of the molecule is CCSCCC(C)NC(CC)C1CCOC1. The zero-order valence-electron chi connectivity index (χ0n) is 11.0. The maximum absolute atomic E-state index is 5.48. The molecular weight excluding hydrogens is 218 g/mol. The molecule has 1 fully saturated rings. The van der Waals surface area contributed by atoms with Crippen LogP contribution in [0.5, 0.6) is 0 Å². The van der Waals surface area contributed by atoms with Crippen molar-refractivity contribution >= 4 is 11.8 Å². The lowest BCUT2D eigenvalue weighted by Crippen LogP contribution is -2.41. The van der Waals surface area contributed by atoms with E-state index in [1.165, 1.54) is 30.8 Å². The van der Waals surface area contributed by atoms with Crippen molar-refractivity contribution in [2.45, 2.75) is 52.1 Å². The fraction of sp³-hybridized carbons (Fsp3) is 1.00. The first-order valence-corrected chi connectivity index (χ1v) is 7.84. The topological polar surface area (TPSA) is 21.3 Å². The van der Waals surface area contributed by atoms with Crippen LogP contribution in [-0.4, -0.2) is 36.8 Å². The van der Waals surface area contributed by atoms with Gasteiger partial charge in [0.1, 0.15) is 0 Å². The highest BCUT2D eigenvalue weighted by molar-refractivity contribution is 7.99. The van der Waals surface area contributed by atoms with Crippen LogP contribution in [0.15, 0.2) is 0 Å². The number of hydrogen-bond donors (Lipinski definition) is 1. The second-order valence-electron chi connectivity index (χ2n) is 4.69. The van der Waals surface area contributed by atoms with Gasteiger partial charge < -0.3 is 10.1 Å². The van der Waals surface area contributed by atoms with Gasteiger partial charge in [-0.2, -0.15) is 11.8 Å². The Labute approximate surface area is 105 Å². The Morgan fingerprint density at radius 1 is 1.44 bits per heavy atom. The van der Waals surface area contributed by atoms with Crippen molar-refractivity contribution in [1.82, 2.24) is 5.32 Å². The minimum Gasteiger partial charge on any atom is -0.381 e. The van der Waals surface area contributed by atoms with Crippen LogP contribution in [0.1, 0.15) is 40.0 Å². The van der Waals surface area contributed by atoms with Crippen LogP contribution in [0.25, 0.3) is 0 Å². The zero-order chi connectivity index (χ0) is 11.8. The quantitative estimate of drug-likeness (QED) is 0.664. The van der Waals surface area contributed by atoms with E-state index in [1.807, 2.05) is 11.8 Å². The standard InChI is InChI=1S/C13H27NOS/c1-4-13(12-6-8-15-10-12)14-11(3)7-9-16-5-2/h11-14H,4-10H2,1-3H3. The van der Waals surface area contributed by atoms with Crippen molar-refractivity contribution in [2.75, 3.05) is 24.7 Å². The summed E-state index contributed by atoms with van der Waals surface area (Å²) in [6, 6.07) is 1.30. The van der Waals surface area contributed by atoms with Gasteiger partial charge in [-0.05, 0) is 43.6 Å². The molecule has 1 saturated heterocycles. The van der Waals surface area contributed by atoms with Gasteiger partial charge in [0, 0.05) is 18.7 Å². The molecule has 0 spiro atoms. The summed E-state index contributed by atoms with van der Waals surface area (Å²) in [5, 5.41) is 3.77. The van der Waals surface area contributed by atoms with Crippen LogP contribution in [0.4, 0.5) is 0 Å². The van der Waals surface area contributed by atoms with Gasteiger partial charge in [-0.25, -0.2) is 0 Å². The third-order valence-electron chi connectivity index (χ3n) is 3.37. The van der Waals surface area contributed by atoms with Crippen molar-refractivity contribution in [3.63, 3.8) is 0 Å². The van der Waals surface area contributed by atoms with E-state index in [0.717, 1.165) is 19.1 Å². The highest BCUT2D eigenvalue weighted by atomic mass is 32.2. The van der Waals surface area contributed by atoms with Gasteiger partial charge in [0.25, 0.3) is 0 Å². The summed E-state index contributed by atoms with van der Waals surface area (Å²) in [6.45, 7) is 8.75. The van der Waals surface area contributed by atoms with E-state index in [1.54, 1.807) is 0 Å². The van der Waals surface area contributed by atoms with E-state index in [9.17, 15) is 0 Å². The van der Waals surface area contributed by atoms with E-state index < -0.39 is 0 Å². The van der Waals surface area contributed by atoms with E-state index in [4.69, 9.17) is 4.74 Å². The molecule has 0 aliphatic carbocycles. The molecule has 3 unspecified atom stereocenters. The Morgan fingerprint density at radius 2 is 2.25 bits per heavy atom. The van der Waals surface area contributed by atoms with Gasteiger partial charge >= 0.3 is 0 Å². The Hall–Kier alpha value is 0.270. The van der Waals surface area contributed by atoms with Gasteiger partial charge in [-0.1, -0.05) is 13.8 Å². The molecule has 0 amide bonds. The molecule has 3 heteroatoms. The lowest BCUT2D eigenvalue weighted by Gasteiger charge is -2.26. The molecule has 1 N–H and O–H groups in total. The van der Waals surface area contributed by atoms with Crippen molar-refractivity contribution in [2.24, 2.45) is 5.92 Å². The van der Waals surface area contributed by atoms with Gasteiger partial charge in [0.05, 0.1) is 6.61 Å².